The first-order chi connectivity index (χ1) is 13.8. The van der Waals surface area contributed by atoms with Crippen LogP contribution in [0.25, 0.3) is 0 Å². The first-order valence-corrected chi connectivity index (χ1v) is 11.0. The fraction of sp³-hybridized carbons (Fsp3) is 0.136. The maximum Gasteiger partial charge on any atom is 0.261 e. The minimum Gasteiger partial charge on any atom is -0.305 e. The molecule has 0 aromatic heterocycles. The largest absolute Gasteiger partial charge is 0.305 e. The third-order valence-electron chi connectivity index (χ3n) is 4.89. The highest BCUT2D eigenvalue weighted by Gasteiger charge is 2.32. The van der Waals surface area contributed by atoms with Crippen molar-refractivity contribution in [2.45, 2.75) is 24.3 Å². The van der Waals surface area contributed by atoms with Crippen molar-refractivity contribution in [3.63, 3.8) is 0 Å². The molecular formula is C22H19ClN2O3S. The Hall–Kier alpha value is -2.83. The van der Waals surface area contributed by atoms with E-state index in [0.717, 1.165) is 11.3 Å². The Labute approximate surface area is 175 Å². The predicted molar refractivity (Wildman–Crippen MR) is 115 cm³/mol. The average Bonchev–Trinajstić information content (AvgIpc) is 3.02. The summed E-state index contributed by atoms with van der Waals surface area (Å²) in [5.74, 6) is -0.0930. The van der Waals surface area contributed by atoms with Gasteiger partial charge in [-0.05, 0) is 67.4 Å². The molecule has 0 fully saturated rings. The van der Waals surface area contributed by atoms with Gasteiger partial charge in [-0.2, -0.15) is 0 Å². The number of halogens is 1. The summed E-state index contributed by atoms with van der Waals surface area (Å²) in [4.78, 5) is 14.8. The van der Waals surface area contributed by atoms with E-state index in [0.29, 0.717) is 22.7 Å². The van der Waals surface area contributed by atoms with Crippen LogP contribution in [0.5, 0.6) is 0 Å². The van der Waals surface area contributed by atoms with Gasteiger partial charge in [0.25, 0.3) is 15.9 Å². The van der Waals surface area contributed by atoms with Crippen molar-refractivity contribution in [3.8, 4) is 0 Å². The Morgan fingerprint density at radius 1 is 1.03 bits per heavy atom. The van der Waals surface area contributed by atoms with Crippen LogP contribution in [0.3, 0.4) is 0 Å². The monoisotopic (exact) mass is 426 g/mol. The van der Waals surface area contributed by atoms with E-state index in [2.05, 4.69) is 4.72 Å². The number of fused-ring (bicyclic) bond motifs is 1. The molecule has 0 saturated heterocycles. The normalized spacial score (nSPS) is 15.8. The fourth-order valence-corrected chi connectivity index (χ4v) is 4.86. The Balaban J connectivity index is 1.64. The van der Waals surface area contributed by atoms with Crippen molar-refractivity contribution in [2.75, 3.05) is 9.62 Å². The van der Waals surface area contributed by atoms with Crippen molar-refractivity contribution in [2.24, 2.45) is 0 Å². The summed E-state index contributed by atoms with van der Waals surface area (Å²) < 4.78 is 28.1. The van der Waals surface area contributed by atoms with Gasteiger partial charge in [0.05, 0.1) is 10.6 Å². The van der Waals surface area contributed by atoms with E-state index >= 15 is 0 Å². The maximum absolute atomic E-state index is 13.0. The number of carbonyl (C=O) groups excluding carboxylic acids is 1. The van der Waals surface area contributed by atoms with E-state index in [4.69, 9.17) is 11.6 Å². The smallest absolute Gasteiger partial charge is 0.261 e. The molecule has 0 spiro atoms. The van der Waals surface area contributed by atoms with Crippen molar-refractivity contribution in [1.29, 1.82) is 0 Å². The molecule has 7 heteroatoms. The zero-order valence-corrected chi connectivity index (χ0v) is 17.2. The molecule has 3 aromatic carbocycles. The lowest BCUT2D eigenvalue weighted by atomic mass is 10.1. The molecule has 0 radical (unpaired) electrons. The molecular weight excluding hydrogens is 408 g/mol. The number of rotatable bonds is 4. The summed E-state index contributed by atoms with van der Waals surface area (Å²) in [5, 5.41) is 0.447. The minimum atomic E-state index is -3.77. The third kappa shape index (κ3) is 3.86. The lowest BCUT2D eigenvalue weighted by Gasteiger charge is -2.23. The number of nitrogens with zero attached hydrogens (tertiary/aromatic N) is 1. The summed E-state index contributed by atoms with van der Waals surface area (Å²) in [6.07, 6.45) is 0.592. The molecule has 29 heavy (non-hydrogen) atoms. The van der Waals surface area contributed by atoms with Crippen molar-refractivity contribution in [3.05, 3.63) is 88.9 Å². The topological polar surface area (TPSA) is 66.5 Å². The first-order valence-electron chi connectivity index (χ1n) is 9.15. The Morgan fingerprint density at radius 3 is 2.52 bits per heavy atom. The molecule has 4 rings (SSSR count). The Bertz CT molecular complexity index is 1180. The van der Waals surface area contributed by atoms with Gasteiger partial charge >= 0.3 is 0 Å². The van der Waals surface area contributed by atoms with Gasteiger partial charge in [0.1, 0.15) is 0 Å². The van der Waals surface area contributed by atoms with Crippen LogP contribution < -0.4 is 9.62 Å². The van der Waals surface area contributed by atoms with Crippen molar-refractivity contribution < 1.29 is 13.2 Å². The van der Waals surface area contributed by atoms with Crippen LogP contribution in [-0.4, -0.2) is 20.4 Å². The van der Waals surface area contributed by atoms with Crippen molar-refractivity contribution in [1.82, 2.24) is 0 Å². The Morgan fingerprint density at radius 2 is 1.79 bits per heavy atom. The predicted octanol–water partition coefficient (Wildman–Crippen LogP) is 4.73. The molecule has 1 atom stereocenters. The van der Waals surface area contributed by atoms with Gasteiger partial charge in [0.2, 0.25) is 0 Å². The molecule has 1 amide bonds. The number of amides is 1. The molecule has 1 heterocycles. The van der Waals surface area contributed by atoms with Gasteiger partial charge < -0.3 is 4.90 Å². The highest BCUT2D eigenvalue weighted by Crippen LogP contribution is 2.35. The van der Waals surface area contributed by atoms with Gasteiger partial charge in [-0.1, -0.05) is 35.9 Å². The van der Waals surface area contributed by atoms with Gasteiger partial charge in [0, 0.05) is 22.3 Å². The zero-order valence-electron chi connectivity index (χ0n) is 15.7. The molecule has 148 valence electrons. The van der Waals surface area contributed by atoms with Gasteiger partial charge in [0.15, 0.2) is 0 Å². The lowest BCUT2D eigenvalue weighted by molar-refractivity contribution is 0.0981. The van der Waals surface area contributed by atoms with Gasteiger partial charge in [-0.15, -0.1) is 0 Å². The van der Waals surface area contributed by atoms with Crippen LogP contribution in [-0.2, 0) is 16.4 Å². The third-order valence-corrected chi connectivity index (χ3v) is 6.51. The highest BCUT2D eigenvalue weighted by molar-refractivity contribution is 7.92. The fourth-order valence-electron chi connectivity index (χ4n) is 3.57. The van der Waals surface area contributed by atoms with E-state index in [1.165, 1.54) is 6.07 Å². The molecule has 5 nitrogen and oxygen atoms in total. The summed E-state index contributed by atoms with van der Waals surface area (Å²) in [7, 11) is -3.77. The van der Waals surface area contributed by atoms with Crippen LogP contribution in [0.2, 0.25) is 5.02 Å². The molecule has 0 bridgehead atoms. The number of anilines is 2. The van der Waals surface area contributed by atoms with E-state index in [1.54, 1.807) is 53.4 Å². The Kier molecular flexibility index (Phi) is 5.06. The van der Waals surface area contributed by atoms with E-state index < -0.39 is 10.0 Å². The number of carbonyl (C=O) groups is 1. The summed E-state index contributed by atoms with van der Waals surface area (Å²) >= 11 is 5.94. The minimum absolute atomic E-state index is 0.0588. The van der Waals surface area contributed by atoms with E-state index in [1.807, 2.05) is 25.1 Å². The molecule has 0 unspecified atom stereocenters. The summed E-state index contributed by atoms with van der Waals surface area (Å²) in [6.45, 7) is 1.96. The molecule has 1 aliphatic heterocycles. The molecule has 0 aliphatic carbocycles. The highest BCUT2D eigenvalue weighted by atomic mass is 35.5. The SMILES string of the molecule is C[C@H]1Cc2cc(S(=O)(=O)Nc3cccc(Cl)c3)ccc2N1C(=O)c1ccccc1. The number of hydrogen-bond donors (Lipinski definition) is 1. The second kappa shape index (κ2) is 7.54. The molecule has 0 saturated carbocycles. The van der Waals surface area contributed by atoms with Crippen LogP contribution >= 0.6 is 11.6 Å². The maximum atomic E-state index is 13.0. The van der Waals surface area contributed by atoms with Gasteiger partial charge in [-0.25, -0.2) is 8.42 Å². The first kappa shape index (κ1) is 19.5. The number of hydrogen-bond acceptors (Lipinski definition) is 3. The van der Waals surface area contributed by atoms with E-state index in [9.17, 15) is 13.2 Å². The molecule has 1 aliphatic rings. The second-order valence-corrected chi connectivity index (χ2v) is 9.12. The standard InChI is InChI=1S/C22H19ClN2O3S/c1-15-12-17-13-20(29(27,28)24-19-9-5-8-18(23)14-19)10-11-21(17)25(15)22(26)16-6-3-2-4-7-16/h2-11,13-15,24H,12H2,1H3/t15-/m0/s1. The summed E-state index contributed by atoms with van der Waals surface area (Å²) in [5.41, 5.74) is 2.57. The second-order valence-electron chi connectivity index (χ2n) is 7.00. The van der Waals surface area contributed by atoms with E-state index in [-0.39, 0.29) is 16.8 Å². The zero-order chi connectivity index (χ0) is 20.6. The molecule has 1 N–H and O–H groups in total. The van der Waals surface area contributed by atoms with Crippen LogP contribution in [0.4, 0.5) is 11.4 Å². The van der Waals surface area contributed by atoms with Gasteiger partial charge in [-0.3, -0.25) is 9.52 Å². The number of benzene rings is 3. The van der Waals surface area contributed by atoms with Crippen LogP contribution in [0.1, 0.15) is 22.8 Å². The summed E-state index contributed by atoms with van der Waals surface area (Å²) in [6, 6.07) is 20.4. The average molecular weight is 427 g/mol. The van der Waals surface area contributed by atoms with Crippen LogP contribution in [0, 0.1) is 0 Å². The number of sulfonamides is 1. The quantitative estimate of drug-likeness (QED) is 0.655. The lowest BCUT2D eigenvalue weighted by Crippen LogP contribution is -2.35. The molecule has 3 aromatic rings. The van der Waals surface area contributed by atoms with Crippen LogP contribution in [0.15, 0.2) is 77.7 Å². The van der Waals surface area contributed by atoms with Crippen molar-refractivity contribution >= 4 is 38.9 Å². The number of nitrogens with one attached hydrogen (secondary N) is 1.